The number of rotatable bonds is 10. The highest BCUT2D eigenvalue weighted by molar-refractivity contribution is 5.87. The first kappa shape index (κ1) is 22.7. The Labute approximate surface area is 174 Å². The largest absolute Gasteiger partial charge is 0.870 e. The topological polar surface area (TPSA) is 126 Å². The van der Waals surface area contributed by atoms with E-state index in [1.165, 1.54) is 5.56 Å². The average Bonchev–Trinajstić information content (AvgIpc) is 2.74. The summed E-state index contributed by atoms with van der Waals surface area (Å²) in [6, 6.07) is 9.61. The molecule has 0 saturated carbocycles. The molecule has 0 heterocycles. The SMILES string of the molecule is CCOc1cc([N+](=O)[O-])cc(C=NNC(=O)COc2ccc([C@H](C)CC)cc2)c1[O-]. The van der Waals surface area contributed by atoms with Gasteiger partial charge >= 0.3 is 0 Å². The lowest BCUT2D eigenvalue weighted by Gasteiger charge is -2.16. The minimum absolute atomic E-state index is 0.0745. The quantitative estimate of drug-likeness (QED) is 0.362. The Balaban J connectivity index is 1.96. The van der Waals surface area contributed by atoms with Crippen molar-refractivity contribution < 1.29 is 24.3 Å². The van der Waals surface area contributed by atoms with Gasteiger partial charge in [-0.15, -0.1) is 0 Å². The highest BCUT2D eigenvalue weighted by atomic mass is 16.6. The lowest BCUT2D eigenvalue weighted by Crippen LogP contribution is -2.24. The van der Waals surface area contributed by atoms with Crippen LogP contribution in [0.2, 0.25) is 0 Å². The van der Waals surface area contributed by atoms with Gasteiger partial charge in [0.2, 0.25) is 0 Å². The first-order chi connectivity index (χ1) is 14.3. The number of hydrazone groups is 1. The van der Waals surface area contributed by atoms with Gasteiger partial charge in [0.25, 0.3) is 11.6 Å². The van der Waals surface area contributed by atoms with Crippen molar-refractivity contribution in [2.45, 2.75) is 33.1 Å². The molecule has 0 unspecified atom stereocenters. The summed E-state index contributed by atoms with van der Waals surface area (Å²) in [6.07, 6.45) is 2.07. The van der Waals surface area contributed by atoms with Crippen LogP contribution >= 0.6 is 0 Å². The van der Waals surface area contributed by atoms with E-state index in [9.17, 15) is 20.0 Å². The normalized spacial score (nSPS) is 11.8. The Hall–Kier alpha value is -3.62. The van der Waals surface area contributed by atoms with Gasteiger partial charge in [-0.1, -0.05) is 31.7 Å². The monoisotopic (exact) mass is 414 g/mol. The van der Waals surface area contributed by atoms with Crippen molar-refractivity contribution in [3.8, 4) is 17.2 Å². The van der Waals surface area contributed by atoms with E-state index in [0.717, 1.165) is 24.8 Å². The van der Waals surface area contributed by atoms with Crippen molar-refractivity contribution >= 4 is 17.8 Å². The molecule has 0 spiro atoms. The number of hydrogen-bond donors (Lipinski definition) is 1. The van der Waals surface area contributed by atoms with E-state index in [0.29, 0.717) is 11.7 Å². The fourth-order valence-electron chi connectivity index (χ4n) is 2.56. The van der Waals surface area contributed by atoms with Crippen LogP contribution in [0.3, 0.4) is 0 Å². The number of non-ortho nitro benzene ring substituents is 1. The third-order valence-corrected chi connectivity index (χ3v) is 4.40. The average molecular weight is 414 g/mol. The van der Waals surface area contributed by atoms with Crippen LogP contribution < -0.4 is 20.0 Å². The van der Waals surface area contributed by atoms with Gasteiger partial charge in [-0.25, -0.2) is 5.43 Å². The van der Waals surface area contributed by atoms with Crippen LogP contribution in [0.4, 0.5) is 5.69 Å². The van der Waals surface area contributed by atoms with Crippen LogP contribution in [0.15, 0.2) is 41.5 Å². The van der Waals surface area contributed by atoms with E-state index in [4.69, 9.17) is 9.47 Å². The molecule has 0 aliphatic heterocycles. The fourth-order valence-corrected chi connectivity index (χ4v) is 2.56. The summed E-state index contributed by atoms with van der Waals surface area (Å²) in [4.78, 5) is 22.3. The van der Waals surface area contributed by atoms with E-state index in [2.05, 4.69) is 24.4 Å². The Morgan fingerprint density at radius 1 is 1.23 bits per heavy atom. The van der Waals surface area contributed by atoms with E-state index in [1.54, 1.807) is 19.1 Å². The molecule has 9 heteroatoms. The lowest BCUT2D eigenvalue weighted by molar-refractivity contribution is -0.385. The van der Waals surface area contributed by atoms with Gasteiger partial charge in [0.15, 0.2) is 6.61 Å². The number of hydrogen-bond acceptors (Lipinski definition) is 7. The summed E-state index contributed by atoms with van der Waals surface area (Å²) in [6.45, 7) is 5.81. The number of carbonyl (C=O) groups excluding carboxylic acids is 1. The summed E-state index contributed by atoms with van der Waals surface area (Å²) in [7, 11) is 0. The van der Waals surface area contributed by atoms with Gasteiger partial charge in [-0.2, -0.15) is 5.10 Å². The predicted octanol–water partition coefficient (Wildman–Crippen LogP) is 3.11. The van der Waals surface area contributed by atoms with Crippen LogP contribution in [-0.2, 0) is 4.79 Å². The summed E-state index contributed by atoms with van der Waals surface area (Å²) < 4.78 is 10.5. The molecule has 0 fully saturated rings. The lowest BCUT2D eigenvalue weighted by atomic mass is 9.99. The molecule has 2 rings (SSSR count). The van der Waals surface area contributed by atoms with Gasteiger partial charge in [0.05, 0.1) is 23.8 Å². The van der Waals surface area contributed by atoms with Crippen LogP contribution in [-0.4, -0.2) is 30.3 Å². The molecular weight excluding hydrogens is 390 g/mol. The third kappa shape index (κ3) is 6.20. The number of nitro benzene ring substituents is 1. The van der Waals surface area contributed by atoms with Crippen molar-refractivity contribution in [1.29, 1.82) is 0 Å². The van der Waals surface area contributed by atoms with E-state index in [1.807, 2.05) is 12.1 Å². The van der Waals surface area contributed by atoms with Gasteiger partial charge in [0.1, 0.15) is 11.5 Å². The molecule has 9 nitrogen and oxygen atoms in total. The van der Waals surface area contributed by atoms with Crippen molar-refractivity contribution in [1.82, 2.24) is 5.43 Å². The molecule has 0 saturated heterocycles. The van der Waals surface area contributed by atoms with E-state index in [-0.39, 0.29) is 30.2 Å². The Morgan fingerprint density at radius 2 is 1.93 bits per heavy atom. The fraction of sp³-hybridized carbons (Fsp3) is 0.333. The first-order valence-electron chi connectivity index (χ1n) is 9.52. The van der Waals surface area contributed by atoms with Crippen molar-refractivity contribution in [3.63, 3.8) is 0 Å². The maximum atomic E-state index is 12.2. The Kier molecular flexibility index (Phi) is 8.16. The summed E-state index contributed by atoms with van der Waals surface area (Å²) in [5, 5.41) is 26.9. The van der Waals surface area contributed by atoms with Crippen molar-refractivity contribution in [3.05, 3.63) is 57.6 Å². The molecule has 1 amide bonds. The Morgan fingerprint density at radius 3 is 2.53 bits per heavy atom. The minimum atomic E-state index is -0.641. The zero-order valence-corrected chi connectivity index (χ0v) is 17.1. The number of nitrogens with one attached hydrogen (secondary N) is 1. The van der Waals surface area contributed by atoms with Gasteiger partial charge < -0.3 is 14.6 Å². The third-order valence-electron chi connectivity index (χ3n) is 4.40. The van der Waals surface area contributed by atoms with E-state index >= 15 is 0 Å². The van der Waals surface area contributed by atoms with Gasteiger partial charge in [0, 0.05) is 6.07 Å². The highest BCUT2D eigenvalue weighted by Crippen LogP contribution is 2.31. The molecule has 0 bridgehead atoms. The molecule has 0 aliphatic rings. The number of carbonyl (C=O) groups is 1. The van der Waals surface area contributed by atoms with Crippen molar-refractivity contribution in [2.24, 2.45) is 5.10 Å². The number of nitrogens with zero attached hydrogens (tertiary/aromatic N) is 2. The second-order valence-corrected chi connectivity index (χ2v) is 6.51. The zero-order chi connectivity index (χ0) is 22.1. The molecule has 1 atom stereocenters. The summed E-state index contributed by atoms with van der Waals surface area (Å²) in [5.41, 5.74) is 3.03. The second-order valence-electron chi connectivity index (χ2n) is 6.51. The number of nitro groups is 1. The van der Waals surface area contributed by atoms with E-state index < -0.39 is 16.6 Å². The minimum Gasteiger partial charge on any atom is -0.870 e. The molecule has 0 aliphatic carbocycles. The molecule has 0 radical (unpaired) electrons. The standard InChI is InChI=1S/C21H25N3O6/c1-4-14(3)15-6-8-18(9-7-15)30-13-20(25)23-22-12-16-10-17(24(27)28)11-19(21(16)26)29-5-2/h6-12,14,26H,4-5,13H2,1-3H3,(H,23,25)/p-1/t14-/m1/s1. The summed E-state index contributed by atoms with van der Waals surface area (Å²) in [5.74, 6) is -0.260. The summed E-state index contributed by atoms with van der Waals surface area (Å²) >= 11 is 0. The second kappa shape index (κ2) is 10.8. The maximum absolute atomic E-state index is 12.2. The van der Waals surface area contributed by atoms with Crippen molar-refractivity contribution in [2.75, 3.05) is 13.2 Å². The molecule has 160 valence electrons. The van der Waals surface area contributed by atoms with Crippen LogP contribution in [0.5, 0.6) is 17.2 Å². The van der Waals surface area contributed by atoms with Crippen LogP contribution in [0.1, 0.15) is 44.2 Å². The maximum Gasteiger partial charge on any atom is 0.277 e. The van der Waals surface area contributed by atoms with Crippen LogP contribution in [0.25, 0.3) is 0 Å². The molecule has 2 aromatic carbocycles. The number of amides is 1. The zero-order valence-electron chi connectivity index (χ0n) is 17.1. The van der Waals surface area contributed by atoms with Gasteiger partial charge in [-0.3, -0.25) is 14.9 Å². The molecule has 2 aromatic rings. The first-order valence-corrected chi connectivity index (χ1v) is 9.52. The highest BCUT2D eigenvalue weighted by Gasteiger charge is 2.12. The van der Waals surface area contributed by atoms with Gasteiger partial charge in [-0.05, 0) is 42.5 Å². The number of benzene rings is 2. The smallest absolute Gasteiger partial charge is 0.277 e. The molecular formula is C21H24N3O6-. The Bertz CT molecular complexity index is 912. The predicted molar refractivity (Wildman–Crippen MR) is 110 cm³/mol. The molecule has 0 aromatic heterocycles. The number of ether oxygens (including phenoxy) is 2. The molecule has 1 N–H and O–H groups in total. The van der Waals surface area contributed by atoms with Crippen LogP contribution in [0, 0.1) is 10.1 Å². The molecule has 30 heavy (non-hydrogen) atoms.